The molecular formula is C27H40F2N6O3Si. The number of fused-ring (bicyclic) bond motifs is 1. The lowest BCUT2D eigenvalue weighted by Gasteiger charge is -2.35. The highest BCUT2D eigenvalue weighted by Crippen LogP contribution is 2.35. The van der Waals surface area contributed by atoms with E-state index in [1.165, 1.54) is 6.20 Å². The van der Waals surface area contributed by atoms with Gasteiger partial charge < -0.3 is 24.3 Å². The second-order valence-corrected chi connectivity index (χ2v) is 17.9. The minimum atomic E-state index is -2.73. The summed E-state index contributed by atoms with van der Waals surface area (Å²) in [6, 6.07) is 4.52. The summed E-state index contributed by atoms with van der Waals surface area (Å²) >= 11 is 0. The average Bonchev–Trinajstić information content (AvgIpc) is 3.49. The number of hydrogen-bond acceptors (Lipinski definition) is 6. The summed E-state index contributed by atoms with van der Waals surface area (Å²) in [7, 11) is -1.20. The van der Waals surface area contributed by atoms with Crippen LogP contribution in [0.25, 0.3) is 22.3 Å². The summed E-state index contributed by atoms with van der Waals surface area (Å²) in [5.41, 5.74) is 1.91. The van der Waals surface area contributed by atoms with E-state index >= 15 is 0 Å². The van der Waals surface area contributed by atoms with Gasteiger partial charge in [-0.3, -0.25) is 0 Å². The van der Waals surface area contributed by atoms with Gasteiger partial charge in [0.05, 0.1) is 11.4 Å². The van der Waals surface area contributed by atoms with E-state index in [0.717, 1.165) is 35.6 Å². The number of likely N-dealkylation sites (tertiary alicyclic amines) is 1. The lowest BCUT2D eigenvalue weighted by atomic mass is 10.0. The molecule has 0 unspecified atom stereocenters. The Bertz CT molecular complexity index is 1280. The van der Waals surface area contributed by atoms with Crippen LogP contribution in [0.4, 0.5) is 19.3 Å². The van der Waals surface area contributed by atoms with Crippen molar-refractivity contribution in [3.63, 3.8) is 0 Å². The molecule has 9 nitrogen and oxygen atoms in total. The fraction of sp³-hybridized carbons (Fsp3) is 0.593. The van der Waals surface area contributed by atoms with Crippen molar-refractivity contribution in [2.24, 2.45) is 0 Å². The minimum Gasteiger partial charge on any atom is -0.444 e. The fourth-order valence-corrected chi connectivity index (χ4v) is 5.27. The van der Waals surface area contributed by atoms with E-state index in [1.807, 2.05) is 37.6 Å². The molecule has 3 aromatic heterocycles. The summed E-state index contributed by atoms with van der Waals surface area (Å²) in [6.07, 6.45) is 6.16. The Hall–Kier alpha value is -2.99. The number of alkyl halides is 2. The van der Waals surface area contributed by atoms with Crippen LogP contribution in [0.2, 0.25) is 25.7 Å². The lowest BCUT2D eigenvalue weighted by molar-refractivity contribution is 0.0206. The number of halogens is 2. The van der Waals surface area contributed by atoms with Crippen LogP contribution in [0.1, 0.15) is 40.2 Å². The van der Waals surface area contributed by atoms with E-state index in [0.29, 0.717) is 42.4 Å². The molecule has 1 amide bonds. The minimum absolute atomic E-state index is 0.0656. The zero-order chi connectivity index (χ0) is 28.4. The molecular weight excluding hydrogens is 522 g/mol. The number of hydrogen-bond donors (Lipinski definition) is 1. The first-order valence-electron chi connectivity index (χ1n) is 13.4. The van der Waals surface area contributed by atoms with Crippen molar-refractivity contribution >= 4 is 30.9 Å². The summed E-state index contributed by atoms with van der Waals surface area (Å²) in [4.78, 5) is 19.1. The Morgan fingerprint density at radius 3 is 2.67 bits per heavy atom. The van der Waals surface area contributed by atoms with E-state index in [4.69, 9.17) is 9.47 Å². The van der Waals surface area contributed by atoms with Gasteiger partial charge in [-0.1, -0.05) is 19.6 Å². The van der Waals surface area contributed by atoms with E-state index < -0.39 is 20.2 Å². The standard InChI is InChI=1S/C27H40F2N6O3Si/c1-27(2,3)38-26(36)33-11-7-8-19(17-33)31-23-20-9-12-34(18-37-14-15-39(4,5)6)24(20)30-16-21(23)22-10-13-35(32-22)25(28)29/h9-10,12-13,16,19,25H,7-8,11,14-15,17-18H2,1-6H3,(H,30,31)/t19-/m1/s1. The fourth-order valence-electron chi connectivity index (χ4n) is 4.52. The monoisotopic (exact) mass is 562 g/mol. The molecule has 1 N–H and O–H groups in total. The third kappa shape index (κ3) is 7.56. The largest absolute Gasteiger partial charge is 0.444 e. The summed E-state index contributed by atoms with van der Waals surface area (Å²) in [5, 5.41) is 8.53. The number of nitrogens with zero attached hydrogens (tertiary/aromatic N) is 5. The van der Waals surface area contributed by atoms with Crippen LogP contribution >= 0.6 is 0 Å². The highest BCUT2D eigenvalue weighted by molar-refractivity contribution is 6.76. The molecule has 0 spiro atoms. The maximum Gasteiger partial charge on any atom is 0.410 e. The van der Waals surface area contributed by atoms with E-state index in [1.54, 1.807) is 17.2 Å². The van der Waals surface area contributed by atoms with Gasteiger partial charge in [-0.25, -0.2) is 14.5 Å². The number of carbonyl (C=O) groups excluding carboxylic acids is 1. The van der Waals surface area contributed by atoms with E-state index in [-0.39, 0.29) is 12.1 Å². The van der Waals surface area contributed by atoms with E-state index in [2.05, 4.69) is 35.0 Å². The molecule has 0 saturated carbocycles. The van der Waals surface area contributed by atoms with Crippen molar-refractivity contribution in [3.8, 4) is 11.3 Å². The third-order valence-electron chi connectivity index (χ3n) is 6.52. The number of aromatic nitrogens is 4. The summed E-state index contributed by atoms with van der Waals surface area (Å²) in [5.74, 6) is 0. The van der Waals surface area contributed by atoms with Crippen LogP contribution in [-0.4, -0.2) is 69.7 Å². The molecule has 1 aliphatic rings. The molecule has 3 aromatic rings. The number of pyridine rings is 1. The van der Waals surface area contributed by atoms with Crippen molar-refractivity contribution in [1.29, 1.82) is 0 Å². The molecule has 39 heavy (non-hydrogen) atoms. The first kappa shape index (κ1) is 29.0. The first-order valence-corrected chi connectivity index (χ1v) is 17.2. The molecule has 1 aliphatic heterocycles. The Kier molecular flexibility index (Phi) is 8.65. The molecule has 1 saturated heterocycles. The second-order valence-electron chi connectivity index (χ2n) is 12.3. The number of amides is 1. The zero-order valence-corrected chi connectivity index (χ0v) is 24.7. The maximum absolute atomic E-state index is 13.3. The van der Waals surface area contributed by atoms with Gasteiger partial charge in [0.15, 0.2) is 0 Å². The molecule has 1 atom stereocenters. The molecule has 12 heteroatoms. The van der Waals surface area contributed by atoms with Crippen molar-refractivity contribution in [2.75, 3.05) is 25.0 Å². The molecule has 0 aromatic carbocycles. The van der Waals surface area contributed by atoms with Crippen molar-refractivity contribution < 1.29 is 23.0 Å². The van der Waals surface area contributed by atoms with Crippen molar-refractivity contribution in [1.82, 2.24) is 24.2 Å². The van der Waals surface area contributed by atoms with Gasteiger partial charge in [0.2, 0.25) is 0 Å². The third-order valence-corrected chi connectivity index (χ3v) is 8.23. The van der Waals surface area contributed by atoms with Gasteiger partial charge in [0.1, 0.15) is 18.0 Å². The maximum atomic E-state index is 13.3. The quantitative estimate of drug-likeness (QED) is 0.239. The lowest BCUT2D eigenvalue weighted by Crippen LogP contribution is -2.47. The van der Waals surface area contributed by atoms with Gasteiger partial charge in [-0.2, -0.15) is 13.9 Å². The van der Waals surface area contributed by atoms with Crippen LogP contribution < -0.4 is 5.32 Å². The van der Waals surface area contributed by atoms with Crippen LogP contribution in [0.15, 0.2) is 30.7 Å². The highest BCUT2D eigenvalue weighted by Gasteiger charge is 2.29. The van der Waals surface area contributed by atoms with Gasteiger partial charge in [-0.05, 0) is 51.8 Å². The smallest absolute Gasteiger partial charge is 0.410 e. The average molecular weight is 563 g/mol. The number of ether oxygens (including phenoxy) is 2. The van der Waals surface area contributed by atoms with Gasteiger partial charge >= 0.3 is 12.6 Å². The first-order chi connectivity index (χ1) is 18.3. The Morgan fingerprint density at radius 1 is 1.23 bits per heavy atom. The Balaban J connectivity index is 1.62. The van der Waals surface area contributed by atoms with Crippen molar-refractivity contribution in [3.05, 3.63) is 30.7 Å². The number of anilines is 1. The second kappa shape index (κ2) is 11.6. The van der Waals surface area contributed by atoms with Crippen LogP contribution in [0.5, 0.6) is 0 Å². The normalized spacial score (nSPS) is 16.7. The topological polar surface area (TPSA) is 86.4 Å². The number of carbonyl (C=O) groups is 1. The summed E-state index contributed by atoms with van der Waals surface area (Å²) in [6.45, 7) is 11.9. The molecule has 0 aliphatic carbocycles. The zero-order valence-electron chi connectivity index (χ0n) is 23.7. The van der Waals surface area contributed by atoms with Crippen LogP contribution in [0, 0.1) is 0 Å². The molecule has 214 valence electrons. The number of nitrogens with one attached hydrogen (secondary N) is 1. The SMILES string of the molecule is CC(C)(C)OC(=O)N1CCC[C@@H](Nc2c(-c3ccn(C(F)F)n3)cnc3c2ccn3COCC[Si](C)(C)C)C1. The molecule has 4 rings (SSSR count). The number of piperidine rings is 1. The molecule has 4 heterocycles. The number of rotatable bonds is 9. The Morgan fingerprint density at radius 2 is 2.00 bits per heavy atom. The highest BCUT2D eigenvalue weighted by atomic mass is 28.3. The predicted octanol–water partition coefficient (Wildman–Crippen LogP) is 6.42. The molecule has 1 fully saturated rings. The predicted molar refractivity (Wildman–Crippen MR) is 151 cm³/mol. The van der Waals surface area contributed by atoms with Crippen LogP contribution in [-0.2, 0) is 16.2 Å². The van der Waals surface area contributed by atoms with Crippen molar-refractivity contribution in [2.45, 2.75) is 84.2 Å². The van der Waals surface area contributed by atoms with Gasteiger partial charge in [-0.15, -0.1) is 0 Å². The Labute approximate surface area is 229 Å². The van der Waals surface area contributed by atoms with Gasteiger partial charge in [0.25, 0.3) is 0 Å². The van der Waals surface area contributed by atoms with Crippen LogP contribution in [0.3, 0.4) is 0 Å². The molecule has 0 radical (unpaired) electrons. The van der Waals surface area contributed by atoms with Gasteiger partial charge in [0, 0.05) is 63.4 Å². The van der Waals surface area contributed by atoms with E-state index in [9.17, 15) is 13.6 Å². The molecule has 0 bridgehead atoms. The summed E-state index contributed by atoms with van der Waals surface area (Å²) < 4.78 is 40.7.